The van der Waals surface area contributed by atoms with Gasteiger partial charge in [0.1, 0.15) is 5.54 Å². The van der Waals surface area contributed by atoms with Gasteiger partial charge in [0.05, 0.1) is 6.07 Å². The molecule has 0 unspecified atom stereocenters. The van der Waals surface area contributed by atoms with E-state index in [2.05, 4.69) is 25.2 Å². The lowest BCUT2D eigenvalue weighted by molar-refractivity contribution is -0.123. The smallest absolute Gasteiger partial charge is 0.221 e. The standard InChI is InChI=1S/C14H24N2O/c1-3-4-5-6-13(17)16-14(11-15)9-7-12(2)8-10-14/h12H,3-10H2,1-2H3,(H,16,17). The van der Waals surface area contributed by atoms with Crippen molar-refractivity contribution >= 4 is 5.91 Å². The van der Waals surface area contributed by atoms with E-state index in [1.807, 2.05) is 0 Å². The molecule has 0 aromatic heterocycles. The van der Waals surface area contributed by atoms with Gasteiger partial charge in [-0.25, -0.2) is 0 Å². The minimum absolute atomic E-state index is 0.0505. The molecule has 0 aromatic carbocycles. The van der Waals surface area contributed by atoms with Gasteiger partial charge >= 0.3 is 0 Å². The van der Waals surface area contributed by atoms with Gasteiger partial charge in [-0.3, -0.25) is 4.79 Å². The Hall–Kier alpha value is -1.04. The summed E-state index contributed by atoms with van der Waals surface area (Å²) in [7, 11) is 0. The third-order valence-electron chi connectivity index (χ3n) is 3.73. The Labute approximate surface area is 105 Å². The number of amides is 1. The van der Waals surface area contributed by atoms with Crippen molar-refractivity contribution in [1.29, 1.82) is 5.26 Å². The number of rotatable bonds is 5. The highest BCUT2D eigenvalue weighted by Crippen LogP contribution is 2.31. The number of nitrogens with zero attached hydrogens (tertiary/aromatic N) is 1. The van der Waals surface area contributed by atoms with Gasteiger partial charge in [-0.2, -0.15) is 5.26 Å². The minimum Gasteiger partial charge on any atom is -0.338 e. The molecular weight excluding hydrogens is 212 g/mol. The zero-order valence-electron chi connectivity index (χ0n) is 11.1. The van der Waals surface area contributed by atoms with Crippen LogP contribution >= 0.6 is 0 Å². The Bertz CT molecular complexity index is 285. The summed E-state index contributed by atoms with van der Waals surface area (Å²) in [4.78, 5) is 11.8. The molecule has 1 fully saturated rings. The summed E-state index contributed by atoms with van der Waals surface area (Å²) in [6.45, 7) is 4.33. The van der Waals surface area contributed by atoms with Gasteiger partial charge < -0.3 is 5.32 Å². The lowest BCUT2D eigenvalue weighted by atomic mass is 9.78. The van der Waals surface area contributed by atoms with Crippen LogP contribution in [0.2, 0.25) is 0 Å². The molecule has 0 bridgehead atoms. The van der Waals surface area contributed by atoms with E-state index in [1.54, 1.807) is 0 Å². The molecule has 96 valence electrons. The maximum Gasteiger partial charge on any atom is 0.221 e. The number of hydrogen-bond acceptors (Lipinski definition) is 2. The summed E-state index contributed by atoms with van der Waals surface area (Å²) in [5.74, 6) is 0.739. The highest BCUT2D eigenvalue weighted by Gasteiger charge is 2.35. The molecule has 0 saturated heterocycles. The zero-order chi connectivity index (χ0) is 12.7. The van der Waals surface area contributed by atoms with Gasteiger partial charge in [-0.05, 0) is 38.0 Å². The van der Waals surface area contributed by atoms with E-state index >= 15 is 0 Å². The topological polar surface area (TPSA) is 52.9 Å². The predicted molar refractivity (Wildman–Crippen MR) is 68.3 cm³/mol. The molecule has 1 N–H and O–H groups in total. The van der Waals surface area contributed by atoms with Crippen molar-refractivity contribution in [3.05, 3.63) is 0 Å². The third kappa shape index (κ3) is 4.38. The van der Waals surface area contributed by atoms with Crippen LogP contribution < -0.4 is 5.32 Å². The van der Waals surface area contributed by atoms with Crippen LogP contribution in [0.25, 0.3) is 0 Å². The molecule has 1 aliphatic carbocycles. The summed E-state index contributed by atoms with van der Waals surface area (Å²) in [5.41, 5.74) is -0.574. The second-order valence-corrected chi connectivity index (χ2v) is 5.38. The fourth-order valence-electron chi connectivity index (χ4n) is 2.38. The van der Waals surface area contributed by atoms with Gasteiger partial charge in [0.2, 0.25) is 5.91 Å². The first kappa shape index (κ1) is 14.0. The minimum atomic E-state index is -0.574. The number of nitriles is 1. The van der Waals surface area contributed by atoms with Gasteiger partial charge in [-0.15, -0.1) is 0 Å². The number of carbonyl (C=O) groups is 1. The van der Waals surface area contributed by atoms with Crippen LogP contribution in [0.3, 0.4) is 0 Å². The van der Waals surface area contributed by atoms with Crippen LogP contribution in [0.15, 0.2) is 0 Å². The molecule has 17 heavy (non-hydrogen) atoms. The Kier molecular flexibility index (Phi) is 5.47. The van der Waals surface area contributed by atoms with Crippen molar-refractivity contribution in [2.24, 2.45) is 5.92 Å². The molecule has 1 saturated carbocycles. The Balaban J connectivity index is 2.41. The monoisotopic (exact) mass is 236 g/mol. The zero-order valence-corrected chi connectivity index (χ0v) is 11.1. The molecule has 3 nitrogen and oxygen atoms in total. The fraction of sp³-hybridized carbons (Fsp3) is 0.857. The van der Waals surface area contributed by atoms with Crippen LogP contribution in [-0.4, -0.2) is 11.4 Å². The van der Waals surface area contributed by atoms with Crippen molar-refractivity contribution in [2.45, 2.75) is 70.8 Å². The SMILES string of the molecule is CCCCCC(=O)NC1(C#N)CCC(C)CC1. The molecule has 0 spiro atoms. The molecule has 0 atom stereocenters. The van der Waals surface area contributed by atoms with Gasteiger partial charge in [0.15, 0.2) is 0 Å². The summed E-state index contributed by atoms with van der Waals surface area (Å²) in [6, 6.07) is 2.33. The maximum atomic E-state index is 11.8. The molecule has 0 heterocycles. The Morgan fingerprint density at radius 3 is 2.59 bits per heavy atom. The second kappa shape index (κ2) is 6.64. The molecular formula is C14H24N2O. The average Bonchev–Trinajstić information content (AvgIpc) is 2.33. The molecule has 0 radical (unpaired) electrons. The van der Waals surface area contributed by atoms with Crippen molar-refractivity contribution in [1.82, 2.24) is 5.32 Å². The highest BCUT2D eigenvalue weighted by atomic mass is 16.1. The van der Waals surface area contributed by atoms with E-state index < -0.39 is 5.54 Å². The van der Waals surface area contributed by atoms with E-state index in [1.165, 1.54) is 0 Å². The largest absolute Gasteiger partial charge is 0.338 e. The first-order valence-corrected chi connectivity index (χ1v) is 6.84. The summed E-state index contributed by atoms with van der Waals surface area (Å²) in [5, 5.41) is 12.2. The first-order chi connectivity index (χ1) is 8.12. The first-order valence-electron chi connectivity index (χ1n) is 6.84. The number of unbranched alkanes of at least 4 members (excludes halogenated alkanes) is 2. The summed E-state index contributed by atoms with van der Waals surface area (Å²) < 4.78 is 0. The maximum absolute atomic E-state index is 11.8. The summed E-state index contributed by atoms with van der Waals surface area (Å²) >= 11 is 0. The Morgan fingerprint density at radius 2 is 2.06 bits per heavy atom. The molecule has 1 amide bonds. The van der Waals surface area contributed by atoms with Crippen LogP contribution in [0.5, 0.6) is 0 Å². The van der Waals surface area contributed by atoms with Crippen LogP contribution in [-0.2, 0) is 4.79 Å². The van der Waals surface area contributed by atoms with Gasteiger partial charge in [-0.1, -0.05) is 26.7 Å². The molecule has 0 aromatic rings. The van der Waals surface area contributed by atoms with Crippen LogP contribution in [0, 0.1) is 17.2 Å². The normalized spacial score (nSPS) is 28.4. The second-order valence-electron chi connectivity index (χ2n) is 5.38. The quantitative estimate of drug-likeness (QED) is 0.745. The predicted octanol–water partition coefficient (Wildman–Crippen LogP) is 3.16. The van der Waals surface area contributed by atoms with E-state index in [-0.39, 0.29) is 5.91 Å². The molecule has 1 rings (SSSR count). The highest BCUT2D eigenvalue weighted by molar-refractivity contribution is 5.77. The summed E-state index contributed by atoms with van der Waals surface area (Å²) in [6.07, 6.45) is 7.41. The fourth-order valence-corrected chi connectivity index (χ4v) is 2.38. The van der Waals surface area contributed by atoms with Crippen molar-refractivity contribution in [3.8, 4) is 6.07 Å². The van der Waals surface area contributed by atoms with Gasteiger partial charge in [0, 0.05) is 6.42 Å². The van der Waals surface area contributed by atoms with E-state index in [4.69, 9.17) is 0 Å². The van der Waals surface area contributed by atoms with E-state index in [9.17, 15) is 10.1 Å². The van der Waals surface area contributed by atoms with Crippen LogP contribution in [0.1, 0.15) is 65.2 Å². The lowest BCUT2D eigenvalue weighted by Gasteiger charge is -2.34. The average molecular weight is 236 g/mol. The van der Waals surface area contributed by atoms with Crippen molar-refractivity contribution in [2.75, 3.05) is 0 Å². The lowest BCUT2D eigenvalue weighted by Crippen LogP contribution is -2.49. The number of hydrogen-bond donors (Lipinski definition) is 1. The third-order valence-corrected chi connectivity index (χ3v) is 3.73. The van der Waals surface area contributed by atoms with E-state index in [0.29, 0.717) is 12.3 Å². The number of carbonyl (C=O) groups excluding carboxylic acids is 1. The number of nitrogens with one attached hydrogen (secondary N) is 1. The molecule has 0 aliphatic heterocycles. The van der Waals surface area contributed by atoms with Gasteiger partial charge in [0.25, 0.3) is 0 Å². The molecule has 1 aliphatic rings. The van der Waals surface area contributed by atoms with E-state index in [0.717, 1.165) is 44.9 Å². The Morgan fingerprint density at radius 1 is 1.41 bits per heavy atom. The van der Waals surface area contributed by atoms with Crippen molar-refractivity contribution < 1.29 is 4.79 Å². The van der Waals surface area contributed by atoms with Crippen LogP contribution in [0.4, 0.5) is 0 Å². The molecule has 3 heteroatoms. The van der Waals surface area contributed by atoms with Crippen molar-refractivity contribution in [3.63, 3.8) is 0 Å².